The third-order valence-corrected chi connectivity index (χ3v) is 7.62. The molecule has 0 aliphatic carbocycles. The van der Waals surface area contributed by atoms with Crippen LogP contribution in [0.3, 0.4) is 0 Å². The van der Waals surface area contributed by atoms with Crippen LogP contribution in [0.4, 0.5) is 10.5 Å². The SMILES string of the molecule is Cc1ccc(COc2c(Br)cc(/C=C3\C(=O)NC(=O)N(c4ccc(Br)c(C)c4)C3=O)cc2I)cc1. The number of anilines is 1. The first-order valence-electron chi connectivity index (χ1n) is 10.5. The third kappa shape index (κ3) is 5.68. The Hall–Kier alpha value is -2.50. The summed E-state index contributed by atoms with van der Waals surface area (Å²) in [6.07, 6.45) is 1.47. The fourth-order valence-electron chi connectivity index (χ4n) is 3.47. The van der Waals surface area contributed by atoms with E-state index in [0.717, 1.165) is 24.1 Å². The van der Waals surface area contributed by atoms with Gasteiger partial charge in [-0.3, -0.25) is 14.9 Å². The van der Waals surface area contributed by atoms with Crippen molar-refractivity contribution >= 4 is 84.1 Å². The molecule has 0 spiro atoms. The lowest BCUT2D eigenvalue weighted by molar-refractivity contribution is -0.122. The van der Waals surface area contributed by atoms with Crippen LogP contribution in [-0.4, -0.2) is 17.8 Å². The highest BCUT2D eigenvalue weighted by Gasteiger charge is 2.37. The lowest BCUT2D eigenvalue weighted by Gasteiger charge is -2.26. The molecular formula is C26H19Br2IN2O4. The Kier molecular flexibility index (Phi) is 7.77. The zero-order valence-corrected chi connectivity index (χ0v) is 24.0. The predicted molar refractivity (Wildman–Crippen MR) is 150 cm³/mol. The number of carbonyl (C=O) groups excluding carboxylic acids is 3. The molecule has 0 atom stereocenters. The molecule has 178 valence electrons. The maximum Gasteiger partial charge on any atom is 0.335 e. The van der Waals surface area contributed by atoms with Crippen molar-refractivity contribution in [3.8, 4) is 5.75 Å². The number of benzene rings is 3. The number of urea groups is 1. The minimum atomic E-state index is -0.783. The average molecular weight is 710 g/mol. The molecule has 1 fully saturated rings. The molecule has 1 aliphatic heterocycles. The van der Waals surface area contributed by atoms with Gasteiger partial charge in [-0.25, -0.2) is 9.69 Å². The highest BCUT2D eigenvalue weighted by Crippen LogP contribution is 2.34. The second-order valence-electron chi connectivity index (χ2n) is 7.98. The lowest BCUT2D eigenvalue weighted by Crippen LogP contribution is -2.54. The number of barbiturate groups is 1. The number of halogens is 3. The van der Waals surface area contributed by atoms with Crippen molar-refractivity contribution in [1.82, 2.24) is 5.32 Å². The first kappa shape index (κ1) is 25.6. The summed E-state index contributed by atoms with van der Waals surface area (Å²) in [5.74, 6) is -0.767. The normalized spacial score (nSPS) is 14.9. The molecule has 0 unspecified atom stereocenters. The van der Waals surface area contributed by atoms with Gasteiger partial charge < -0.3 is 4.74 Å². The molecule has 35 heavy (non-hydrogen) atoms. The number of imide groups is 2. The second kappa shape index (κ2) is 10.6. The van der Waals surface area contributed by atoms with Crippen LogP contribution < -0.4 is 15.0 Å². The number of carbonyl (C=O) groups is 3. The van der Waals surface area contributed by atoms with Gasteiger partial charge in [0.15, 0.2) is 0 Å². The Bertz CT molecular complexity index is 1360. The van der Waals surface area contributed by atoms with Gasteiger partial charge in [0.1, 0.15) is 17.9 Å². The predicted octanol–water partition coefficient (Wildman–Crippen LogP) is 6.68. The van der Waals surface area contributed by atoms with Crippen molar-refractivity contribution in [2.75, 3.05) is 4.90 Å². The molecule has 6 nitrogen and oxygen atoms in total. The molecule has 1 saturated heterocycles. The first-order chi connectivity index (χ1) is 16.6. The average Bonchev–Trinajstić information content (AvgIpc) is 2.79. The Morgan fingerprint density at radius 3 is 2.34 bits per heavy atom. The Morgan fingerprint density at radius 1 is 0.971 bits per heavy atom. The smallest absolute Gasteiger partial charge is 0.335 e. The Morgan fingerprint density at radius 2 is 1.69 bits per heavy atom. The molecule has 0 saturated carbocycles. The number of aryl methyl sites for hydroxylation is 2. The molecule has 0 aromatic heterocycles. The lowest BCUT2D eigenvalue weighted by atomic mass is 10.1. The van der Waals surface area contributed by atoms with E-state index < -0.39 is 17.8 Å². The molecule has 0 bridgehead atoms. The van der Waals surface area contributed by atoms with Crippen molar-refractivity contribution in [2.24, 2.45) is 0 Å². The fourth-order valence-corrected chi connectivity index (χ4v) is 5.48. The largest absolute Gasteiger partial charge is 0.487 e. The van der Waals surface area contributed by atoms with E-state index in [1.807, 2.05) is 44.2 Å². The van der Waals surface area contributed by atoms with Crippen LogP contribution in [0.25, 0.3) is 6.08 Å². The van der Waals surface area contributed by atoms with Crippen LogP contribution >= 0.6 is 54.5 Å². The molecule has 9 heteroatoms. The molecule has 3 aromatic rings. The zero-order chi connectivity index (χ0) is 25.3. The Labute approximate surface area is 233 Å². The van der Waals surface area contributed by atoms with E-state index in [0.29, 0.717) is 28.1 Å². The highest BCUT2D eigenvalue weighted by molar-refractivity contribution is 14.1. The number of hydrogen-bond donors (Lipinski definition) is 1. The van der Waals surface area contributed by atoms with Crippen molar-refractivity contribution in [1.29, 1.82) is 0 Å². The van der Waals surface area contributed by atoms with Crippen molar-refractivity contribution in [3.63, 3.8) is 0 Å². The van der Waals surface area contributed by atoms with E-state index in [1.54, 1.807) is 24.3 Å². The zero-order valence-electron chi connectivity index (χ0n) is 18.7. The summed E-state index contributed by atoms with van der Waals surface area (Å²) in [6.45, 7) is 4.29. The van der Waals surface area contributed by atoms with Gasteiger partial charge >= 0.3 is 6.03 Å². The number of ether oxygens (including phenoxy) is 1. The molecule has 4 amide bonds. The quantitative estimate of drug-likeness (QED) is 0.182. The van der Waals surface area contributed by atoms with Gasteiger partial charge in [0.25, 0.3) is 11.8 Å². The number of rotatable bonds is 5. The summed E-state index contributed by atoms with van der Waals surface area (Å²) < 4.78 is 8.35. The van der Waals surface area contributed by atoms with E-state index in [9.17, 15) is 14.4 Å². The van der Waals surface area contributed by atoms with Crippen LogP contribution in [0.5, 0.6) is 5.75 Å². The minimum Gasteiger partial charge on any atom is -0.487 e. The van der Waals surface area contributed by atoms with E-state index in [-0.39, 0.29) is 5.57 Å². The van der Waals surface area contributed by atoms with Crippen molar-refractivity contribution < 1.29 is 19.1 Å². The van der Waals surface area contributed by atoms with Gasteiger partial charge in [0.05, 0.1) is 13.7 Å². The molecule has 0 radical (unpaired) electrons. The molecule has 4 rings (SSSR count). The van der Waals surface area contributed by atoms with E-state index in [2.05, 4.69) is 59.8 Å². The van der Waals surface area contributed by atoms with Crippen LogP contribution in [0.1, 0.15) is 22.3 Å². The summed E-state index contributed by atoms with van der Waals surface area (Å²) in [4.78, 5) is 39.2. The number of nitrogens with one attached hydrogen (secondary N) is 1. The molecule has 1 heterocycles. The second-order valence-corrected chi connectivity index (χ2v) is 10.9. The van der Waals surface area contributed by atoms with Gasteiger partial charge in [0.2, 0.25) is 0 Å². The van der Waals surface area contributed by atoms with Gasteiger partial charge in [-0.05, 0) is 105 Å². The molecule has 3 aromatic carbocycles. The summed E-state index contributed by atoms with van der Waals surface area (Å²) in [7, 11) is 0. The van der Waals surface area contributed by atoms with Gasteiger partial charge in [0, 0.05) is 4.47 Å². The molecular weight excluding hydrogens is 691 g/mol. The summed E-state index contributed by atoms with van der Waals surface area (Å²) in [6, 6.07) is 16.0. The highest BCUT2D eigenvalue weighted by atomic mass is 127. The van der Waals surface area contributed by atoms with Crippen LogP contribution in [0.15, 0.2) is 69.1 Å². The van der Waals surface area contributed by atoms with Crippen LogP contribution in [-0.2, 0) is 16.2 Å². The summed E-state index contributed by atoms with van der Waals surface area (Å²) in [5.41, 5.74) is 3.93. The van der Waals surface area contributed by atoms with Gasteiger partial charge in [-0.1, -0.05) is 45.8 Å². The van der Waals surface area contributed by atoms with Gasteiger partial charge in [-0.2, -0.15) is 0 Å². The summed E-state index contributed by atoms with van der Waals surface area (Å²) in [5, 5.41) is 2.25. The molecule has 1 N–H and O–H groups in total. The maximum absolute atomic E-state index is 13.2. The number of hydrogen-bond acceptors (Lipinski definition) is 4. The van der Waals surface area contributed by atoms with E-state index in [4.69, 9.17) is 4.74 Å². The number of nitrogens with zero attached hydrogens (tertiary/aromatic N) is 1. The van der Waals surface area contributed by atoms with Crippen molar-refractivity contribution in [2.45, 2.75) is 20.5 Å². The standard InChI is InChI=1S/C26H19Br2IN2O4/c1-14-3-5-16(6-4-14)13-35-23-21(28)11-17(12-22(23)29)10-19-24(32)30-26(34)31(25(19)33)18-7-8-20(27)15(2)9-18/h3-12H,13H2,1-2H3,(H,30,32,34)/b19-10+. The third-order valence-electron chi connectivity index (χ3n) is 5.34. The fraction of sp³-hybridized carbons (Fsp3) is 0.115. The number of amides is 4. The monoisotopic (exact) mass is 708 g/mol. The van der Waals surface area contributed by atoms with Crippen molar-refractivity contribution in [3.05, 3.63) is 94.9 Å². The van der Waals surface area contributed by atoms with E-state index >= 15 is 0 Å². The summed E-state index contributed by atoms with van der Waals surface area (Å²) >= 11 is 9.10. The topological polar surface area (TPSA) is 75.7 Å². The van der Waals surface area contributed by atoms with Gasteiger partial charge in [-0.15, -0.1) is 0 Å². The molecule has 1 aliphatic rings. The van der Waals surface area contributed by atoms with E-state index in [1.165, 1.54) is 11.6 Å². The maximum atomic E-state index is 13.2. The first-order valence-corrected chi connectivity index (χ1v) is 13.2. The van der Waals surface area contributed by atoms with Crippen LogP contribution in [0, 0.1) is 17.4 Å². The minimum absolute atomic E-state index is 0.138. The van der Waals surface area contributed by atoms with Crippen LogP contribution in [0.2, 0.25) is 0 Å². The Balaban J connectivity index is 1.61.